The van der Waals surface area contributed by atoms with Crippen molar-refractivity contribution in [2.45, 2.75) is 20.3 Å². The minimum atomic E-state index is -1.65. The van der Waals surface area contributed by atoms with Crippen molar-refractivity contribution >= 4 is 51.5 Å². The summed E-state index contributed by atoms with van der Waals surface area (Å²) >= 11 is -1.65. The molecular weight excluding hydrogens is 519 g/mol. The molecule has 2 aromatic rings. The Balaban J connectivity index is 0.00000104. The third-order valence-electron chi connectivity index (χ3n) is 4.85. The van der Waals surface area contributed by atoms with Crippen LogP contribution in [0.15, 0.2) is 60.7 Å². The summed E-state index contributed by atoms with van der Waals surface area (Å²) in [7, 11) is 0. The molecule has 0 bridgehead atoms. The quantitative estimate of drug-likeness (QED) is 0.379. The zero-order valence-electron chi connectivity index (χ0n) is 13.9. The second kappa shape index (κ2) is 8.58. The summed E-state index contributed by atoms with van der Waals surface area (Å²) in [5, 5.41) is 0. The summed E-state index contributed by atoms with van der Waals surface area (Å²) in [6.07, 6.45) is 9.81. The van der Waals surface area contributed by atoms with Crippen LogP contribution in [0.3, 0.4) is 0 Å². The molecule has 0 radical (unpaired) electrons. The number of benzene rings is 2. The predicted octanol–water partition coefficient (Wildman–Crippen LogP) is 6.55. The van der Waals surface area contributed by atoms with Crippen LogP contribution in [0.4, 0.5) is 0 Å². The molecule has 2 aromatic carbocycles. The van der Waals surface area contributed by atoms with Crippen LogP contribution in [0.1, 0.15) is 29.5 Å². The average molecular weight is 542 g/mol. The van der Waals surface area contributed by atoms with Crippen LogP contribution in [0.2, 0.25) is 13.1 Å². The molecule has 0 aromatic heterocycles. The van der Waals surface area contributed by atoms with Gasteiger partial charge in [-0.2, -0.15) is 0 Å². The van der Waals surface area contributed by atoms with Crippen LogP contribution in [0, 0.1) is 0 Å². The molecule has 0 N–H and O–H groups in total. The van der Waals surface area contributed by atoms with Crippen LogP contribution in [-0.4, -0.2) is 5.43 Å². The predicted molar refractivity (Wildman–Crippen MR) is 115 cm³/mol. The van der Waals surface area contributed by atoms with E-state index in [1.54, 1.807) is 11.1 Å². The number of hydrogen-bond acceptors (Lipinski definition) is 0. The molecule has 2 unspecified atom stereocenters. The van der Waals surface area contributed by atoms with E-state index in [1.165, 1.54) is 11.1 Å². The van der Waals surface area contributed by atoms with Crippen molar-refractivity contribution in [2.24, 2.45) is 0 Å². The van der Waals surface area contributed by atoms with Gasteiger partial charge in [-0.25, -0.2) is 0 Å². The molecule has 124 valence electrons. The summed E-state index contributed by atoms with van der Waals surface area (Å²) in [5.41, 5.74) is 5.92. The Kier molecular flexibility index (Phi) is 7.25. The summed E-state index contributed by atoms with van der Waals surface area (Å²) in [4.78, 5) is 0. The Hall–Kier alpha value is -0.0200. The van der Waals surface area contributed by atoms with Crippen molar-refractivity contribution < 1.29 is 20.4 Å². The van der Waals surface area contributed by atoms with Gasteiger partial charge < -0.3 is 0 Å². The third-order valence-corrected chi connectivity index (χ3v) is 24.0. The van der Waals surface area contributed by atoms with Crippen LogP contribution in [-0.2, 0) is 20.4 Å². The summed E-state index contributed by atoms with van der Waals surface area (Å²) in [6.45, 7) is 5.12. The van der Waals surface area contributed by atoms with Crippen molar-refractivity contribution in [1.82, 2.24) is 0 Å². The number of rotatable bonds is 2. The molecule has 24 heavy (non-hydrogen) atoms. The van der Waals surface area contributed by atoms with E-state index in [2.05, 4.69) is 85.9 Å². The first-order chi connectivity index (χ1) is 10.8. The van der Waals surface area contributed by atoms with Gasteiger partial charge in [0.2, 0.25) is 0 Å². The number of allylic oxidation sites excluding steroid dienone is 2. The fourth-order valence-electron chi connectivity index (χ4n) is 3.86. The van der Waals surface area contributed by atoms with Gasteiger partial charge in [-0.1, -0.05) is 0 Å². The Morgan fingerprint density at radius 2 is 1.12 bits per heavy atom. The second-order valence-electron chi connectivity index (χ2n) is 6.39. The third kappa shape index (κ3) is 3.58. The molecule has 4 heteroatoms. The molecule has 4 rings (SSSR count). The molecule has 0 aliphatic heterocycles. The summed E-state index contributed by atoms with van der Waals surface area (Å²) < 4.78 is 1.53. The molecule has 2 aliphatic carbocycles. The van der Waals surface area contributed by atoms with E-state index >= 15 is 0 Å². The molecule has 2 atom stereocenters. The van der Waals surface area contributed by atoms with E-state index < -0.39 is 20.4 Å². The first-order valence-corrected chi connectivity index (χ1v) is 17.0. The Morgan fingerprint density at radius 1 is 0.708 bits per heavy atom. The first kappa shape index (κ1) is 20.3. The van der Waals surface area contributed by atoms with E-state index in [1.807, 2.05) is 0 Å². The van der Waals surface area contributed by atoms with E-state index in [0.29, 0.717) is 0 Å². The van der Waals surface area contributed by atoms with Crippen LogP contribution in [0.5, 0.6) is 0 Å². The fourth-order valence-corrected chi connectivity index (χ4v) is 22.6. The molecule has 0 saturated heterocycles. The Morgan fingerprint density at radius 3 is 1.54 bits per heavy atom. The van der Waals surface area contributed by atoms with Gasteiger partial charge in [-0.05, 0) is 0 Å². The normalized spacial score (nSPS) is 19.1. The maximum atomic E-state index is 2.56. The van der Waals surface area contributed by atoms with Crippen molar-refractivity contribution in [1.29, 1.82) is 0 Å². The van der Waals surface area contributed by atoms with Crippen molar-refractivity contribution in [3.05, 3.63) is 82.9 Å². The van der Waals surface area contributed by atoms with E-state index in [4.69, 9.17) is 0 Å². The maximum absolute atomic E-state index is 2.56. The van der Waals surface area contributed by atoms with Gasteiger partial charge in [0.15, 0.2) is 0 Å². The van der Waals surface area contributed by atoms with Crippen LogP contribution < -0.4 is 0 Å². The summed E-state index contributed by atoms with van der Waals surface area (Å²) in [5.74, 6) is 0. The van der Waals surface area contributed by atoms with E-state index in [-0.39, 0.29) is 39.4 Å². The molecular formula is C20H22Br2SiZr. The zero-order chi connectivity index (χ0) is 15.1. The Labute approximate surface area is 173 Å². The monoisotopic (exact) mass is 538 g/mol. The van der Waals surface area contributed by atoms with Gasteiger partial charge in [-0.3, -0.25) is 0 Å². The van der Waals surface area contributed by atoms with Gasteiger partial charge in [0.05, 0.1) is 0 Å². The SMILES string of the molecule is Br.Br.C[Si](C)=[Zr]([CH]1C=Cc2ccccc21)[CH]1C=Cc2ccccc21. The van der Waals surface area contributed by atoms with E-state index in [9.17, 15) is 0 Å². The summed E-state index contributed by atoms with van der Waals surface area (Å²) in [6, 6.07) is 18.1. The standard InChI is InChI=1S/2C9H7.C2H6Si.2BrH.Zr/c2*1-2-5-9-7-3-6-8(9)4-1;1-3-2;;;/h2*1-7H;1-2H3;2*1H;. The van der Waals surface area contributed by atoms with Gasteiger partial charge >= 0.3 is 141 Å². The molecule has 0 spiro atoms. The fraction of sp³-hybridized carbons (Fsp3) is 0.200. The molecule has 0 fully saturated rings. The minimum absolute atomic E-state index is 0. The van der Waals surface area contributed by atoms with Crippen LogP contribution in [0.25, 0.3) is 12.2 Å². The van der Waals surface area contributed by atoms with Crippen molar-refractivity contribution in [3.8, 4) is 0 Å². The molecule has 0 nitrogen and oxygen atoms in total. The van der Waals surface area contributed by atoms with Crippen molar-refractivity contribution in [2.75, 3.05) is 0 Å². The van der Waals surface area contributed by atoms with Crippen LogP contribution >= 0.6 is 34.0 Å². The second-order valence-corrected chi connectivity index (χ2v) is 24.5. The van der Waals surface area contributed by atoms with Gasteiger partial charge in [0.1, 0.15) is 0 Å². The molecule has 2 aliphatic rings. The van der Waals surface area contributed by atoms with Gasteiger partial charge in [-0.15, -0.1) is 34.0 Å². The topological polar surface area (TPSA) is 0 Å². The Bertz CT molecular complexity index is 772. The van der Waals surface area contributed by atoms with Crippen molar-refractivity contribution in [3.63, 3.8) is 0 Å². The number of hydrogen-bond donors (Lipinski definition) is 0. The average Bonchev–Trinajstić information content (AvgIpc) is 3.13. The van der Waals surface area contributed by atoms with Gasteiger partial charge in [0.25, 0.3) is 0 Å². The first-order valence-electron chi connectivity index (χ1n) is 7.97. The molecule has 0 heterocycles. The number of halogens is 2. The number of fused-ring (bicyclic) bond motifs is 2. The molecule has 0 saturated carbocycles. The van der Waals surface area contributed by atoms with E-state index in [0.717, 1.165) is 7.25 Å². The zero-order valence-corrected chi connectivity index (χ0v) is 20.8. The van der Waals surface area contributed by atoms with Gasteiger partial charge in [0, 0.05) is 0 Å². The molecule has 0 amide bonds.